The van der Waals surface area contributed by atoms with E-state index in [2.05, 4.69) is 0 Å². The van der Waals surface area contributed by atoms with Crippen molar-refractivity contribution in [3.8, 4) is 11.5 Å². The number of hydrogen-bond donors (Lipinski definition) is 2. The third-order valence-corrected chi connectivity index (χ3v) is 3.45. The summed E-state index contributed by atoms with van der Waals surface area (Å²) in [5.74, 6) is 1.44. The number of benzene rings is 1. The Kier molecular flexibility index (Phi) is 5.64. The number of nitrogens with zero attached hydrogens (tertiary/aromatic N) is 1. The number of hydrogen-bond acceptors (Lipinski definition) is 5. The molecule has 2 N–H and O–H groups in total. The van der Waals surface area contributed by atoms with E-state index >= 15 is 0 Å². The molecule has 1 aliphatic rings. The van der Waals surface area contributed by atoms with Crippen molar-refractivity contribution in [2.24, 2.45) is 0 Å². The fraction of sp³-hybridized carbons (Fsp3) is 0.600. The van der Waals surface area contributed by atoms with Crippen LogP contribution in [0.15, 0.2) is 18.2 Å². The molecular formula is C15H23NO4. The van der Waals surface area contributed by atoms with Crippen molar-refractivity contribution in [2.75, 3.05) is 39.5 Å². The van der Waals surface area contributed by atoms with Crippen molar-refractivity contribution >= 4 is 0 Å². The quantitative estimate of drug-likeness (QED) is 0.820. The molecule has 5 heteroatoms. The molecule has 0 bridgehead atoms. The van der Waals surface area contributed by atoms with Crippen LogP contribution in [-0.2, 0) is 0 Å². The molecule has 1 aliphatic heterocycles. The van der Waals surface area contributed by atoms with Crippen LogP contribution in [0.2, 0.25) is 0 Å². The lowest BCUT2D eigenvalue weighted by molar-refractivity contribution is 0.103. The van der Waals surface area contributed by atoms with Gasteiger partial charge in [0.2, 0.25) is 0 Å². The van der Waals surface area contributed by atoms with Gasteiger partial charge >= 0.3 is 0 Å². The first kappa shape index (κ1) is 15.1. The second-order valence-electron chi connectivity index (χ2n) is 4.89. The van der Waals surface area contributed by atoms with E-state index in [-0.39, 0.29) is 6.61 Å². The maximum absolute atomic E-state index is 10.3. The van der Waals surface area contributed by atoms with Gasteiger partial charge in [-0.1, -0.05) is 13.0 Å². The van der Waals surface area contributed by atoms with E-state index in [1.807, 2.05) is 30.0 Å². The largest absolute Gasteiger partial charge is 0.490 e. The average molecular weight is 281 g/mol. The number of aliphatic hydroxyl groups is 2. The Morgan fingerprint density at radius 2 is 2.00 bits per heavy atom. The predicted octanol–water partition coefficient (Wildman–Crippen LogP) is 1.20. The molecule has 1 unspecified atom stereocenters. The fourth-order valence-corrected chi connectivity index (χ4v) is 2.26. The lowest BCUT2D eigenvalue weighted by atomic mass is 10.1. The van der Waals surface area contributed by atoms with Gasteiger partial charge in [-0.15, -0.1) is 0 Å². The zero-order valence-electron chi connectivity index (χ0n) is 11.9. The molecule has 20 heavy (non-hydrogen) atoms. The highest BCUT2D eigenvalue weighted by Gasteiger charge is 2.16. The first-order valence-corrected chi connectivity index (χ1v) is 7.15. The van der Waals surface area contributed by atoms with E-state index in [0.717, 1.165) is 24.3 Å². The van der Waals surface area contributed by atoms with Crippen molar-refractivity contribution in [1.82, 2.24) is 4.90 Å². The molecule has 2 rings (SSSR count). The highest BCUT2D eigenvalue weighted by Crippen LogP contribution is 2.32. The zero-order valence-corrected chi connectivity index (χ0v) is 11.9. The molecule has 0 spiro atoms. The molecule has 0 saturated heterocycles. The highest BCUT2D eigenvalue weighted by atomic mass is 16.5. The number of rotatable bonds is 6. The van der Waals surface area contributed by atoms with Gasteiger partial charge in [0.25, 0.3) is 0 Å². The van der Waals surface area contributed by atoms with Crippen LogP contribution in [0.4, 0.5) is 0 Å². The lowest BCUT2D eigenvalue weighted by Crippen LogP contribution is -2.31. The van der Waals surface area contributed by atoms with Crippen molar-refractivity contribution in [3.05, 3.63) is 23.8 Å². The Bertz CT molecular complexity index is 424. The van der Waals surface area contributed by atoms with Gasteiger partial charge in [-0.25, -0.2) is 0 Å². The Hall–Kier alpha value is -1.30. The van der Waals surface area contributed by atoms with Gasteiger partial charge in [0.1, 0.15) is 0 Å². The normalized spacial score (nSPS) is 16.0. The predicted molar refractivity (Wildman–Crippen MR) is 76.2 cm³/mol. The minimum Gasteiger partial charge on any atom is -0.490 e. The van der Waals surface area contributed by atoms with Gasteiger partial charge in [0.15, 0.2) is 11.5 Å². The standard InChI is InChI=1S/C15H23NO4/c1-2-16(6-7-17)11-13(18)12-4-5-14-15(10-12)20-9-3-8-19-14/h4-5,10,13,17-18H,2-3,6-9,11H2,1H3. The van der Waals surface area contributed by atoms with Crippen molar-refractivity contribution in [2.45, 2.75) is 19.4 Å². The van der Waals surface area contributed by atoms with Crippen LogP contribution < -0.4 is 9.47 Å². The molecule has 0 amide bonds. The van der Waals surface area contributed by atoms with Crippen LogP contribution in [0.3, 0.4) is 0 Å². The molecule has 1 aromatic carbocycles. The average Bonchev–Trinajstić information content (AvgIpc) is 2.71. The molecule has 0 aromatic heterocycles. The molecule has 5 nitrogen and oxygen atoms in total. The first-order valence-electron chi connectivity index (χ1n) is 7.15. The highest BCUT2D eigenvalue weighted by molar-refractivity contribution is 5.44. The SMILES string of the molecule is CCN(CCO)CC(O)c1ccc2c(c1)OCCCO2. The molecule has 1 atom stereocenters. The van der Waals surface area contributed by atoms with Gasteiger partial charge in [0.05, 0.1) is 25.9 Å². The van der Waals surface area contributed by atoms with Gasteiger partial charge < -0.3 is 19.7 Å². The summed E-state index contributed by atoms with van der Waals surface area (Å²) < 4.78 is 11.2. The maximum Gasteiger partial charge on any atom is 0.161 e. The molecule has 1 heterocycles. The van der Waals surface area contributed by atoms with Crippen LogP contribution in [0, 0.1) is 0 Å². The van der Waals surface area contributed by atoms with E-state index in [0.29, 0.717) is 32.1 Å². The second-order valence-corrected chi connectivity index (χ2v) is 4.89. The second kappa shape index (κ2) is 7.47. The smallest absolute Gasteiger partial charge is 0.161 e. The van der Waals surface area contributed by atoms with E-state index < -0.39 is 6.10 Å². The topological polar surface area (TPSA) is 62.2 Å². The van der Waals surface area contributed by atoms with Gasteiger partial charge in [0, 0.05) is 19.5 Å². The Morgan fingerprint density at radius 3 is 2.70 bits per heavy atom. The van der Waals surface area contributed by atoms with Crippen molar-refractivity contribution < 1.29 is 19.7 Å². The van der Waals surface area contributed by atoms with E-state index in [9.17, 15) is 5.11 Å². The molecule has 1 aromatic rings. The maximum atomic E-state index is 10.3. The number of fused-ring (bicyclic) bond motifs is 1. The van der Waals surface area contributed by atoms with Crippen LogP contribution >= 0.6 is 0 Å². The van der Waals surface area contributed by atoms with E-state index in [1.165, 1.54) is 0 Å². The molecule has 0 fully saturated rings. The number of likely N-dealkylation sites (N-methyl/N-ethyl adjacent to an activating group) is 1. The van der Waals surface area contributed by atoms with Crippen LogP contribution in [-0.4, -0.2) is 54.6 Å². The first-order chi connectivity index (χ1) is 9.74. The fourth-order valence-electron chi connectivity index (χ4n) is 2.26. The summed E-state index contributed by atoms with van der Waals surface area (Å²) in [7, 11) is 0. The van der Waals surface area contributed by atoms with Crippen molar-refractivity contribution in [1.29, 1.82) is 0 Å². The minimum absolute atomic E-state index is 0.0989. The summed E-state index contributed by atoms with van der Waals surface area (Å²) in [6.07, 6.45) is 0.269. The van der Waals surface area contributed by atoms with Gasteiger partial charge in [-0.05, 0) is 24.2 Å². The van der Waals surface area contributed by atoms with Gasteiger partial charge in [-0.3, -0.25) is 4.90 Å². The molecule has 0 saturated carbocycles. The van der Waals surface area contributed by atoms with Crippen LogP contribution in [0.25, 0.3) is 0 Å². The van der Waals surface area contributed by atoms with E-state index in [1.54, 1.807) is 0 Å². The summed E-state index contributed by atoms with van der Waals surface area (Å²) in [6.45, 7) is 5.27. The Morgan fingerprint density at radius 1 is 1.25 bits per heavy atom. The molecule has 0 aliphatic carbocycles. The third-order valence-electron chi connectivity index (χ3n) is 3.45. The van der Waals surface area contributed by atoms with Gasteiger partial charge in [-0.2, -0.15) is 0 Å². The summed E-state index contributed by atoms with van der Waals surface area (Å²) in [4.78, 5) is 2.01. The number of aliphatic hydroxyl groups excluding tert-OH is 2. The molecular weight excluding hydrogens is 258 g/mol. The Balaban J connectivity index is 2.06. The van der Waals surface area contributed by atoms with Crippen LogP contribution in [0.1, 0.15) is 25.0 Å². The zero-order chi connectivity index (χ0) is 14.4. The summed E-state index contributed by atoms with van der Waals surface area (Å²) >= 11 is 0. The van der Waals surface area contributed by atoms with Crippen LogP contribution in [0.5, 0.6) is 11.5 Å². The monoisotopic (exact) mass is 281 g/mol. The molecule has 0 radical (unpaired) electrons. The third kappa shape index (κ3) is 3.85. The van der Waals surface area contributed by atoms with Crippen molar-refractivity contribution in [3.63, 3.8) is 0 Å². The number of ether oxygens (including phenoxy) is 2. The van der Waals surface area contributed by atoms with E-state index in [4.69, 9.17) is 14.6 Å². The molecule has 112 valence electrons. The minimum atomic E-state index is -0.598. The lowest BCUT2D eigenvalue weighted by Gasteiger charge is -2.23. The Labute approximate surface area is 119 Å². The summed E-state index contributed by atoms with van der Waals surface area (Å²) in [6, 6.07) is 5.56. The summed E-state index contributed by atoms with van der Waals surface area (Å²) in [5.41, 5.74) is 0.811. The summed E-state index contributed by atoms with van der Waals surface area (Å²) in [5, 5.41) is 19.3.